The predicted molar refractivity (Wildman–Crippen MR) is 108 cm³/mol. The first-order chi connectivity index (χ1) is 10.6. The van der Waals surface area contributed by atoms with Crippen molar-refractivity contribution in [3.8, 4) is 11.5 Å². The Balaban J connectivity index is 0.00000264. The van der Waals surface area contributed by atoms with E-state index in [2.05, 4.69) is 52.1 Å². The van der Waals surface area contributed by atoms with Gasteiger partial charge in [-0.25, -0.2) is 0 Å². The van der Waals surface area contributed by atoms with Crippen LogP contribution >= 0.6 is 40.7 Å². The largest absolute Gasteiger partial charge is 0.495 e. The molecule has 1 aliphatic heterocycles. The summed E-state index contributed by atoms with van der Waals surface area (Å²) in [5.74, 6) is 2.24. The van der Waals surface area contributed by atoms with Crippen molar-refractivity contribution in [2.45, 2.75) is 26.3 Å². The van der Waals surface area contributed by atoms with Crippen LogP contribution in [0.5, 0.6) is 11.5 Å². The molecule has 0 bridgehead atoms. The Bertz CT molecular complexity index is 474. The zero-order valence-corrected chi connectivity index (χ0v) is 18.0. The highest BCUT2D eigenvalue weighted by Gasteiger charge is 2.28. The quantitative estimate of drug-likeness (QED) is 0.710. The second kappa shape index (κ2) is 11.4. The maximum Gasteiger partial charge on any atom is 0.137 e. The lowest BCUT2D eigenvalue weighted by Gasteiger charge is -2.38. The summed E-state index contributed by atoms with van der Waals surface area (Å²) in [4.78, 5) is 2.58. The van der Waals surface area contributed by atoms with E-state index in [-0.39, 0.29) is 24.8 Å². The minimum absolute atomic E-state index is 0. The minimum atomic E-state index is 0. The van der Waals surface area contributed by atoms with Gasteiger partial charge in [0, 0.05) is 32.2 Å². The highest BCUT2D eigenvalue weighted by atomic mass is 79.9. The van der Waals surface area contributed by atoms with Gasteiger partial charge in [-0.3, -0.25) is 4.90 Å². The third-order valence-electron chi connectivity index (χ3n) is 4.54. The van der Waals surface area contributed by atoms with Crippen LogP contribution < -0.4 is 14.8 Å². The molecular weight excluding hydrogens is 415 g/mol. The van der Waals surface area contributed by atoms with Crippen molar-refractivity contribution in [3.05, 3.63) is 22.2 Å². The molecule has 7 heteroatoms. The van der Waals surface area contributed by atoms with Crippen molar-refractivity contribution in [2.75, 3.05) is 40.4 Å². The number of nitrogens with one attached hydrogen (secondary N) is 1. The summed E-state index contributed by atoms with van der Waals surface area (Å²) in [6, 6.07) is 4.68. The summed E-state index contributed by atoms with van der Waals surface area (Å²) < 4.78 is 11.9. The van der Waals surface area contributed by atoms with Crippen molar-refractivity contribution in [2.24, 2.45) is 5.92 Å². The van der Waals surface area contributed by atoms with Gasteiger partial charge in [0.05, 0.1) is 14.2 Å². The number of piperazine rings is 1. The molecule has 0 saturated carbocycles. The van der Waals surface area contributed by atoms with E-state index in [4.69, 9.17) is 9.47 Å². The van der Waals surface area contributed by atoms with Crippen LogP contribution in [0.3, 0.4) is 0 Å². The van der Waals surface area contributed by atoms with Gasteiger partial charge in [0.25, 0.3) is 0 Å². The lowest BCUT2D eigenvalue weighted by Crippen LogP contribution is -2.46. The molecule has 0 aliphatic carbocycles. The van der Waals surface area contributed by atoms with Crippen LogP contribution in [0.25, 0.3) is 0 Å². The molecule has 1 aliphatic rings. The molecule has 1 fully saturated rings. The molecule has 1 N–H and O–H groups in total. The summed E-state index contributed by atoms with van der Waals surface area (Å²) in [5.41, 5.74) is 1.27. The van der Waals surface area contributed by atoms with Crippen molar-refractivity contribution < 1.29 is 9.47 Å². The number of rotatable bonds is 6. The number of nitrogens with zero attached hydrogens (tertiary/aromatic N) is 1. The van der Waals surface area contributed by atoms with E-state index >= 15 is 0 Å². The normalized spacial score (nSPS) is 17.2. The smallest absolute Gasteiger partial charge is 0.137 e. The van der Waals surface area contributed by atoms with Gasteiger partial charge in [0.15, 0.2) is 0 Å². The fourth-order valence-electron chi connectivity index (χ4n) is 3.14. The Hall–Kier alpha value is -0.200. The Labute approximate surface area is 166 Å². The van der Waals surface area contributed by atoms with Crippen molar-refractivity contribution in [1.29, 1.82) is 0 Å². The van der Waals surface area contributed by atoms with Crippen molar-refractivity contribution in [3.63, 3.8) is 0 Å². The average molecular weight is 444 g/mol. The zero-order valence-electron chi connectivity index (χ0n) is 14.8. The Morgan fingerprint density at radius 1 is 1.12 bits per heavy atom. The standard InChI is InChI=1S/C17H27BrN2O2.2ClH/c1-5-12(2)17(20-8-6-19-7-9-20)13-10-14(21-3)16(18)15(11-13)22-4;;/h10-12,17,19H,5-9H2,1-4H3;2*1H/t12?,17-;;/m1../s1. The van der Waals surface area contributed by atoms with E-state index in [1.807, 2.05) is 0 Å². The zero-order chi connectivity index (χ0) is 16.1. The van der Waals surface area contributed by atoms with E-state index in [1.54, 1.807) is 14.2 Å². The molecule has 2 rings (SSSR count). The number of hydrogen-bond donors (Lipinski definition) is 1. The lowest BCUT2D eigenvalue weighted by molar-refractivity contribution is 0.128. The summed E-state index contributed by atoms with van der Waals surface area (Å²) in [7, 11) is 3.40. The molecule has 0 aromatic heterocycles. The summed E-state index contributed by atoms with van der Waals surface area (Å²) in [5, 5.41) is 3.43. The van der Waals surface area contributed by atoms with Gasteiger partial charge >= 0.3 is 0 Å². The van der Waals surface area contributed by atoms with Crippen LogP contribution in [-0.4, -0.2) is 45.3 Å². The number of hydrogen-bond acceptors (Lipinski definition) is 4. The van der Waals surface area contributed by atoms with E-state index in [0.29, 0.717) is 12.0 Å². The van der Waals surface area contributed by atoms with E-state index in [9.17, 15) is 0 Å². The van der Waals surface area contributed by atoms with Crippen LogP contribution in [0.4, 0.5) is 0 Å². The van der Waals surface area contributed by atoms with Gasteiger partial charge in [-0.2, -0.15) is 0 Å². The monoisotopic (exact) mass is 442 g/mol. The highest BCUT2D eigenvalue weighted by Crippen LogP contribution is 2.40. The lowest BCUT2D eigenvalue weighted by atomic mass is 9.90. The van der Waals surface area contributed by atoms with Crippen molar-refractivity contribution in [1.82, 2.24) is 10.2 Å². The third-order valence-corrected chi connectivity index (χ3v) is 5.32. The Morgan fingerprint density at radius 2 is 1.62 bits per heavy atom. The molecule has 2 atom stereocenters. The SMILES string of the molecule is CCC(C)[C@H](c1cc(OC)c(Br)c(OC)c1)N1CCNCC1.Cl.Cl. The molecule has 1 unspecified atom stereocenters. The van der Waals surface area contributed by atoms with Crippen LogP contribution in [0.2, 0.25) is 0 Å². The molecular formula is C17H29BrCl2N2O2. The fourth-order valence-corrected chi connectivity index (χ4v) is 3.70. The molecule has 1 saturated heterocycles. The van der Waals surface area contributed by atoms with Gasteiger partial charge in [0.1, 0.15) is 16.0 Å². The first-order valence-electron chi connectivity index (χ1n) is 7.98. The minimum Gasteiger partial charge on any atom is -0.495 e. The summed E-state index contributed by atoms with van der Waals surface area (Å²) >= 11 is 3.56. The Morgan fingerprint density at radius 3 is 2.04 bits per heavy atom. The van der Waals surface area contributed by atoms with Crippen molar-refractivity contribution >= 4 is 40.7 Å². The van der Waals surface area contributed by atoms with E-state index in [0.717, 1.165) is 48.6 Å². The van der Waals surface area contributed by atoms with E-state index in [1.165, 1.54) is 5.56 Å². The van der Waals surface area contributed by atoms with Gasteiger partial charge in [0.2, 0.25) is 0 Å². The first-order valence-corrected chi connectivity index (χ1v) is 8.77. The second-order valence-corrected chi connectivity index (χ2v) is 6.65. The topological polar surface area (TPSA) is 33.7 Å². The van der Waals surface area contributed by atoms with Gasteiger partial charge in [-0.15, -0.1) is 24.8 Å². The van der Waals surface area contributed by atoms with Crippen LogP contribution in [0, 0.1) is 5.92 Å². The number of methoxy groups -OCH3 is 2. The molecule has 0 spiro atoms. The second-order valence-electron chi connectivity index (χ2n) is 5.86. The average Bonchev–Trinajstić information content (AvgIpc) is 2.56. The summed E-state index contributed by atoms with van der Waals surface area (Å²) in [6.07, 6.45) is 1.15. The van der Waals surface area contributed by atoms with Crippen LogP contribution in [-0.2, 0) is 0 Å². The number of halogens is 3. The van der Waals surface area contributed by atoms with Crippen LogP contribution in [0.1, 0.15) is 31.9 Å². The molecule has 0 amide bonds. The summed E-state index contributed by atoms with van der Waals surface area (Å²) in [6.45, 7) is 8.85. The molecule has 140 valence electrons. The van der Waals surface area contributed by atoms with Crippen LogP contribution in [0.15, 0.2) is 16.6 Å². The maximum atomic E-state index is 5.52. The van der Waals surface area contributed by atoms with Gasteiger partial charge < -0.3 is 14.8 Å². The van der Waals surface area contributed by atoms with E-state index < -0.39 is 0 Å². The molecule has 0 radical (unpaired) electrons. The van der Waals surface area contributed by atoms with Gasteiger partial charge in [-0.1, -0.05) is 20.3 Å². The molecule has 1 aromatic rings. The Kier molecular flexibility index (Phi) is 11.3. The molecule has 24 heavy (non-hydrogen) atoms. The fraction of sp³-hybridized carbons (Fsp3) is 0.647. The third kappa shape index (κ3) is 5.40. The number of ether oxygens (including phenoxy) is 2. The van der Waals surface area contributed by atoms with Gasteiger partial charge in [-0.05, 0) is 39.5 Å². The molecule has 4 nitrogen and oxygen atoms in total. The maximum absolute atomic E-state index is 5.52. The highest BCUT2D eigenvalue weighted by molar-refractivity contribution is 9.10. The molecule has 1 aromatic carbocycles. The predicted octanol–water partition coefficient (Wildman–Crippen LogP) is 4.30. The first kappa shape index (κ1) is 23.8. The number of benzene rings is 1. The molecule has 1 heterocycles.